The van der Waals surface area contributed by atoms with Crippen LogP contribution in [0.5, 0.6) is 0 Å². The second kappa shape index (κ2) is 6.74. The number of carbonyl (C=O) groups excluding carboxylic acids is 3. The summed E-state index contributed by atoms with van der Waals surface area (Å²) in [6.07, 6.45) is 4.06. The highest BCUT2D eigenvalue weighted by Crippen LogP contribution is 2.72. The molecule has 4 aliphatic carbocycles. The van der Waals surface area contributed by atoms with E-state index in [1.807, 2.05) is 19.9 Å². The van der Waals surface area contributed by atoms with Crippen LogP contribution in [0.4, 0.5) is 4.39 Å². The molecular formula is C23H27BrClFO4. The van der Waals surface area contributed by atoms with E-state index in [0.29, 0.717) is 36.3 Å². The lowest BCUT2D eigenvalue weighted by Crippen LogP contribution is -2.67. The second-order valence-corrected chi connectivity index (χ2v) is 11.6. The number of fused-ring (bicyclic) bond motifs is 5. The molecule has 2 fully saturated rings. The number of hydrogen-bond donors (Lipinski definition) is 0. The number of Topliss-reactive ketones (excluding diaryl/α,β-unsaturated/α-hetero) is 1. The first-order valence-corrected chi connectivity index (χ1v) is 11.7. The van der Waals surface area contributed by atoms with E-state index in [9.17, 15) is 14.4 Å². The second-order valence-electron chi connectivity index (χ2n) is 9.88. The molecule has 0 bridgehead atoms. The Morgan fingerprint density at radius 2 is 1.93 bits per heavy atom. The summed E-state index contributed by atoms with van der Waals surface area (Å²) in [5.74, 6) is -1.16. The van der Waals surface area contributed by atoms with Gasteiger partial charge in [0.05, 0.1) is 4.32 Å². The molecule has 164 valence electrons. The molecular weight excluding hydrogens is 475 g/mol. The van der Waals surface area contributed by atoms with Gasteiger partial charge in [-0.3, -0.25) is 14.4 Å². The summed E-state index contributed by atoms with van der Waals surface area (Å²) in [6.45, 7) is 6.59. The van der Waals surface area contributed by atoms with Crippen molar-refractivity contribution >= 4 is 45.1 Å². The zero-order valence-corrected chi connectivity index (χ0v) is 20.0. The van der Waals surface area contributed by atoms with Gasteiger partial charge in [-0.25, -0.2) is 4.39 Å². The molecule has 0 aromatic carbocycles. The molecule has 0 radical (unpaired) electrons. The lowest BCUT2D eigenvalue weighted by atomic mass is 9.47. The maximum atomic E-state index is 16.3. The molecule has 4 nitrogen and oxygen atoms in total. The Bertz CT molecular complexity index is 915. The molecule has 30 heavy (non-hydrogen) atoms. The number of ether oxygens (including phenoxy) is 1. The smallest absolute Gasteiger partial charge is 0.303 e. The highest BCUT2D eigenvalue weighted by Gasteiger charge is 2.74. The molecule has 0 aliphatic heterocycles. The van der Waals surface area contributed by atoms with Gasteiger partial charge < -0.3 is 4.74 Å². The number of hydrogen-bond acceptors (Lipinski definition) is 4. The number of alkyl halides is 2. The van der Waals surface area contributed by atoms with Crippen LogP contribution in [0, 0.1) is 22.7 Å². The van der Waals surface area contributed by atoms with Crippen molar-refractivity contribution in [1.29, 1.82) is 0 Å². The van der Waals surface area contributed by atoms with E-state index in [0.717, 1.165) is 0 Å². The van der Waals surface area contributed by atoms with Gasteiger partial charge in [0.25, 0.3) is 0 Å². The number of carbonyl (C=O) groups is 3. The topological polar surface area (TPSA) is 60.4 Å². The van der Waals surface area contributed by atoms with Crippen LogP contribution in [0.3, 0.4) is 0 Å². The van der Waals surface area contributed by atoms with E-state index in [1.165, 1.54) is 13.8 Å². The lowest BCUT2D eigenvalue weighted by molar-refractivity contribution is -0.187. The third-order valence-electron chi connectivity index (χ3n) is 8.61. The number of allylic oxidation sites excluding steroid dienone is 4. The van der Waals surface area contributed by atoms with Crippen LogP contribution in [0.1, 0.15) is 59.8 Å². The Balaban J connectivity index is 1.90. The van der Waals surface area contributed by atoms with Gasteiger partial charge in [-0.1, -0.05) is 47.5 Å². The van der Waals surface area contributed by atoms with Gasteiger partial charge in [0.2, 0.25) is 0 Å². The molecule has 4 aliphatic rings. The van der Waals surface area contributed by atoms with Gasteiger partial charge in [0.1, 0.15) is 6.17 Å². The van der Waals surface area contributed by atoms with Gasteiger partial charge in [-0.05, 0) is 50.2 Å². The fourth-order valence-electron chi connectivity index (χ4n) is 7.07. The quantitative estimate of drug-likeness (QED) is 0.385. The van der Waals surface area contributed by atoms with E-state index in [2.05, 4.69) is 15.9 Å². The predicted octanol–water partition coefficient (Wildman–Crippen LogP) is 5.22. The highest BCUT2D eigenvalue weighted by molar-refractivity contribution is 9.10. The third-order valence-corrected chi connectivity index (χ3v) is 10.8. The minimum Gasteiger partial charge on any atom is -0.451 e. The van der Waals surface area contributed by atoms with Gasteiger partial charge in [0.15, 0.2) is 17.2 Å². The van der Waals surface area contributed by atoms with Crippen molar-refractivity contribution in [2.45, 2.75) is 75.9 Å². The summed E-state index contributed by atoms with van der Waals surface area (Å²) in [7, 11) is 0. The lowest BCUT2D eigenvalue weighted by Gasteiger charge is -2.63. The molecule has 4 rings (SSSR count). The Morgan fingerprint density at radius 3 is 2.53 bits per heavy atom. The maximum absolute atomic E-state index is 16.3. The number of ketones is 2. The summed E-state index contributed by atoms with van der Waals surface area (Å²) in [4.78, 5) is 36.8. The number of rotatable bonds is 2. The van der Waals surface area contributed by atoms with Gasteiger partial charge in [-0.15, -0.1) is 0 Å². The van der Waals surface area contributed by atoms with Crippen molar-refractivity contribution in [2.75, 3.05) is 0 Å². The molecule has 7 atom stereocenters. The Morgan fingerprint density at radius 1 is 1.27 bits per heavy atom. The first-order chi connectivity index (χ1) is 13.8. The Labute approximate surface area is 189 Å². The van der Waals surface area contributed by atoms with Gasteiger partial charge in [-0.2, -0.15) is 0 Å². The first-order valence-electron chi connectivity index (χ1n) is 10.5. The van der Waals surface area contributed by atoms with E-state index in [-0.39, 0.29) is 29.8 Å². The van der Waals surface area contributed by atoms with Crippen molar-refractivity contribution in [2.24, 2.45) is 22.7 Å². The fourth-order valence-corrected chi connectivity index (χ4v) is 8.49. The summed E-state index contributed by atoms with van der Waals surface area (Å²) in [5, 5.41) is 0.481. The molecule has 1 unspecified atom stereocenters. The average molecular weight is 502 g/mol. The Hall–Kier alpha value is -1.01. The van der Waals surface area contributed by atoms with Crippen LogP contribution < -0.4 is 0 Å². The molecule has 0 N–H and O–H groups in total. The largest absolute Gasteiger partial charge is 0.451 e. The van der Waals surface area contributed by atoms with E-state index in [4.69, 9.17) is 16.3 Å². The summed E-state index contributed by atoms with van der Waals surface area (Å²) < 4.78 is 21.0. The number of halogens is 3. The molecule has 0 spiro atoms. The van der Waals surface area contributed by atoms with Crippen LogP contribution in [-0.4, -0.2) is 33.6 Å². The van der Waals surface area contributed by atoms with Crippen LogP contribution >= 0.6 is 27.5 Å². The van der Waals surface area contributed by atoms with E-state index >= 15 is 4.39 Å². The molecule has 2 saturated carbocycles. The van der Waals surface area contributed by atoms with Crippen molar-refractivity contribution in [3.63, 3.8) is 0 Å². The molecule has 0 amide bonds. The summed E-state index contributed by atoms with van der Waals surface area (Å²) >= 11 is 10.5. The van der Waals surface area contributed by atoms with E-state index < -0.39 is 32.9 Å². The molecule has 0 aromatic heterocycles. The Kier molecular flexibility index (Phi) is 4.99. The SMILES string of the molecule is CC(=O)O[C@]1(C(C)=O)CC[C@H]2[C@@H]3C=C(Cl)C4=CC(=O)CC[C@]4(C)[C@@]3(Br)C(F)C[C@@]21C. The van der Waals surface area contributed by atoms with E-state index in [1.54, 1.807) is 6.08 Å². The molecule has 0 saturated heterocycles. The summed E-state index contributed by atoms with van der Waals surface area (Å²) in [6, 6.07) is 0. The van der Waals surface area contributed by atoms with Gasteiger partial charge in [0, 0.05) is 35.1 Å². The minimum absolute atomic E-state index is 0.00551. The minimum atomic E-state index is -1.33. The molecule has 0 heterocycles. The maximum Gasteiger partial charge on any atom is 0.303 e. The standard InChI is InChI=1S/C23H27BrClFO4/c1-12(27)22(30-13(2)28)8-6-15-16-10-18(25)17-9-14(29)5-7-20(17,3)23(16,24)19(26)11-21(15,22)4/h9-10,15-16,19H,5-8,11H2,1-4H3/t15-,16-,19?,20-,21-,22-,23-/m0/s1. The van der Waals surface area contributed by atoms with Crippen LogP contribution in [0.2, 0.25) is 0 Å². The van der Waals surface area contributed by atoms with Crippen molar-refractivity contribution < 1.29 is 23.5 Å². The molecule has 7 heteroatoms. The fraction of sp³-hybridized carbons (Fsp3) is 0.696. The molecule has 0 aromatic rings. The monoisotopic (exact) mass is 500 g/mol. The average Bonchev–Trinajstić information content (AvgIpc) is 2.92. The van der Waals surface area contributed by atoms with Gasteiger partial charge >= 0.3 is 5.97 Å². The normalized spacial score (nSPS) is 47.4. The van der Waals surface area contributed by atoms with Crippen LogP contribution in [-0.2, 0) is 19.1 Å². The third kappa shape index (κ3) is 2.52. The first kappa shape index (κ1) is 22.2. The van der Waals surface area contributed by atoms with Crippen LogP contribution in [0.25, 0.3) is 0 Å². The zero-order valence-electron chi connectivity index (χ0n) is 17.7. The highest BCUT2D eigenvalue weighted by atomic mass is 79.9. The number of esters is 1. The van der Waals surface area contributed by atoms with Crippen molar-refractivity contribution in [3.8, 4) is 0 Å². The van der Waals surface area contributed by atoms with Crippen molar-refractivity contribution in [1.82, 2.24) is 0 Å². The zero-order chi connectivity index (χ0) is 22.3. The summed E-state index contributed by atoms with van der Waals surface area (Å²) in [5.41, 5.74) is -2.14. The predicted molar refractivity (Wildman–Crippen MR) is 115 cm³/mol. The van der Waals surface area contributed by atoms with Crippen molar-refractivity contribution in [3.05, 3.63) is 22.8 Å². The van der Waals surface area contributed by atoms with Crippen LogP contribution in [0.15, 0.2) is 22.8 Å².